The second kappa shape index (κ2) is 5.58. The predicted octanol–water partition coefficient (Wildman–Crippen LogP) is 4.34. The number of methoxy groups -OCH3 is 1. The van der Waals surface area contributed by atoms with Crippen molar-refractivity contribution in [3.05, 3.63) is 53.4 Å². The molecule has 0 spiro atoms. The molecular formula is C16H14ClN3O. The summed E-state index contributed by atoms with van der Waals surface area (Å²) in [4.78, 5) is 8.48. The maximum absolute atomic E-state index is 5.88. The molecule has 0 bridgehead atoms. The highest BCUT2D eigenvalue weighted by Gasteiger charge is 2.08. The zero-order valence-electron chi connectivity index (χ0n) is 11.7. The van der Waals surface area contributed by atoms with Crippen molar-refractivity contribution >= 4 is 33.9 Å². The number of rotatable bonds is 3. The highest BCUT2D eigenvalue weighted by atomic mass is 35.5. The van der Waals surface area contributed by atoms with Crippen molar-refractivity contribution < 1.29 is 4.74 Å². The van der Waals surface area contributed by atoms with Crippen molar-refractivity contribution in [1.29, 1.82) is 0 Å². The van der Waals surface area contributed by atoms with Gasteiger partial charge in [0.25, 0.3) is 0 Å². The maximum atomic E-state index is 5.88. The molecule has 0 radical (unpaired) electrons. The van der Waals surface area contributed by atoms with Gasteiger partial charge in [-0.15, -0.1) is 0 Å². The number of aryl methyl sites for hydroxylation is 1. The number of hydrogen-bond acceptors (Lipinski definition) is 4. The van der Waals surface area contributed by atoms with E-state index in [9.17, 15) is 0 Å². The Labute approximate surface area is 127 Å². The third kappa shape index (κ3) is 2.76. The lowest BCUT2D eigenvalue weighted by atomic mass is 10.1. The number of ether oxygens (including phenoxy) is 1. The summed E-state index contributed by atoms with van der Waals surface area (Å²) >= 11 is 5.88. The smallest absolute Gasteiger partial charge is 0.146 e. The molecule has 3 rings (SSSR count). The van der Waals surface area contributed by atoms with Gasteiger partial charge in [0.15, 0.2) is 0 Å². The summed E-state index contributed by atoms with van der Waals surface area (Å²) in [5.41, 5.74) is 3.83. The van der Waals surface area contributed by atoms with Gasteiger partial charge in [0.05, 0.1) is 24.5 Å². The molecular weight excluding hydrogens is 286 g/mol. The monoisotopic (exact) mass is 299 g/mol. The van der Waals surface area contributed by atoms with E-state index in [0.29, 0.717) is 10.9 Å². The molecule has 1 N–H and O–H groups in total. The Balaban J connectivity index is 2.06. The molecule has 2 heterocycles. The van der Waals surface area contributed by atoms with E-state index in [1.165, 1.54) is 5.56 Å². The second-order valence-electron chi connectivity index (χ2n) is 4.71. The third-order valence-electron chi connectivity index (χ3n) is 3.22. The van der Waals surface area contributed by atoms with Gasteiger partial charge in [0.1, 0.15) is 10.9 Å². The first-order chi connectivity index (χ1) is 10.2. The number of halogens is 1. The lowest BCUT2D eigenvalue weighted by Gasteiger charge is -2.12. The first kappa shape index (κ1) is 13.6. The van der Waals surface area contributed by atoms with Crippen molar-refractivity contribution in [2.75, 3.05) is 12.4 Å². The number of nitrogens with zero attached hydrogens (tertiary/aromatic N) is 2. The molecule has 2 aromatic heterocycles. The average molecular weight is 300 g/mol. The Morgan fingerprint density at radius 3 is 2.76 bits per heavy atom. The summed E-state index contributed by atoms with van der Waals surface area (Å²) in [5.74, 6) is 0.645. The fraction of sp³-hybridized carbons (Fsp3) is 0.125. The third-order valence-corrected chi connectivity index (χ3v) is 3.43. The van der Waals surface area contributed by atoms with Gasteiger partial charge in [-0.25, -0.2) is 4.98 Å². The molecule has 0 aliphatic heterocycles. The summed E-state index contributed by atoms with van der Waals surface area (Å²) in [6, 6.07) is 9.77. The van der Waals surface area contributed by atoms with Crippen molar-refractivity contribution in [3.8, 4) is 5.75 Å². The minimum Gasteiger partial charge on any atom is -0.494 e. The van der Waals surface area contributed by atoms with Crippen molar-refractivity contribution in [2.45, 2.75) is 6.92 Å². The summed E-state index contributed by atoms with van der Waals surface area (Å²) < 4.78 is 5.33. The zero-order valence-corrected chi connectivity index (χ0v) is 12.5. The summed E-state index contributed by atoms with van der Waals surface area (Å²) in [6.45, 7) is 2.05. The first-order valence-corrected chi connectivity index (χ1v) is 6.87. The quantitative estimate of drug-likeness (QED) is 0.731. The number of anilines is 2. The molecule has 0 atom stereocenters. The van der Waals surface area contributed by atoms with Crippen LogP contribution in [0.1, 0.15) is 5.56 Å². The standard InChI is InChI=1S/C16H14ClN3O/c1-10-3-4-11-12(5-6-18-13(11)7-10)20-14-9-19-16(17)8-15(14)21-2/h3-9H,1-2H3,(H,18,20). The highest BCUT2D eigenvalue weighted by molar-refractivity contribution is 6.29. The van der Waals surface area contributed by atoms with Crippen molar-refractivity contribution in [2.24, 2.45) is 0 Å². The Morgan fingerprint density at radius 1 is 1.10 bits per heavy atom. The van der Waals surface area contributed by atoms with Gasteiger partial charge in [-0.3, -0.25) is 4.98 Å². The number of aromatic nitrogens is 2. The molecule has 21 heavy (non-hydrogen) atoms. The fourth-order valence-electron chi connectivity index (χ4n) is 2.19. The van der Waals surface area contributed by atoms with E-state index in [1.54, 1.807) is 25.6 Å². The molecule has 0 aliphatic carbocycles. The number of hydrogen-bond donors (Lipinski definition) is 1. The molecule has 5 heteroatoms. The van der Waals surface area contributed by atoms with Gasteiger partial charge >= 0.3 is 0 Å². The van der Waals surface area contributed by atoms with Crippen molar-refractivity contribution in [3.63, 3.8) is 0 Å². The van der Waals surface area contributed by atoms with Gasteiger partial charge in [0, 0.05) is 23.3 Å². The summed E-state index contributed by atoms with van der Waals surface area (Å²) in [6.07, 6.45) is 3.43. The molecule has 4 nitrogen and oxygen atoms in total. The lowest BCUT2D eigenvalue weighted by molar-refractivity contribution is 0.416. The molecule has 3 aromatic rings. The number of benzene rings is 1. The van der Waals surface area contributed by atoms with Gasteiger partial charge in [-0.1, -0.05) is 23.7 Å². The van der Waals surface area contributed by atoms with Crippen LogP contribution in [0.4, 0.5) is 11.4 Å². The highest BCUT2D eigenvalue weighted by Crippen LogP contribution is 2.31. The predicted molar refractivity (Wildman–Crippen MR) is 85.6 cm³/mol. The molecule has 0 aliphatic rings. The van der Waals surface area contributed by atoms with E-state index in [2.05, 4.69) is 33.5 Å². The minimum atomic E-state index is 0.396. The second-order valence-corrected chi connectivity index (χ2v) is 5.10. The Bertz CT molecular complexity index is 805. The number of fused-ring (bicyclic) bond motifs is 1. The Kier molecular flexibility index (Phi) is 3.62. The number of nitrogens with one attached hydrogen (secondary N) is 1. The van der Waals surface area contributed by atoms with Crippen LogP contribution in [0, 0.1) is 6.92 Å². The zero-order chi connectivity index (χ0) is 14.8. The summed E-state index contributed by atoms with van der Waals surface area (Å²) in [5, 5.41) is 4.76. The van der Waals surface area contributed by atoms with Gasteiger partial charge in [-0.2, -0.15) is 0 Å². The van der Waals surface area contributed by atoms with Crippen LogP contribution in [0.15, 0.2) is 42.7 Å². The van der Waals surface area contributed by atoms with Crippen LogP contribution < -0.4 is 10.1 Å². The topological polar surface area (TPSA) is 47.0 Å². The van der Waals surface area contributed by atoms with Crippen molar-refractivity contribution in [1.82, 2.24) is 9.97 Å². The Hall–Kier alpha value is -2.33. The van der Waals surface area contributed by atoms with Crippen LogP contribution in [-0.2, 0) is 0 Å². The van der Waals surface area contributed by atoms with E-state index < -0.39 is 0 Å². The minimum absolute atomic E-state index is 0.396. The lowest BCUT2D eigenvalue weighted by Crippen LogP contribution is -1.97. The van der Waals surface area contributed by atoms with Gasteiger partial charge < -0.3 is 10.1 Å². The van der Waals surface area contributed by atoms with E-state index in [0.717, 1.165) is 22.3 Å². The molecule has 1 aromatic carbocycles. The summed E-state index contributed by atoms with van der Waals surface area (Å²) in [7, 11) is 1.60. The fourth-order valence-corrected chi connectivity index (χ4v) is 2.34. The Morgan fingerprint density at radius 2 is 1.95 bits per heavy atom. The van der Waals surface area contributed by atoms with Gasteiger partial charge in [0.2, 0.25) is 0 Å². The van der Waals surface area contributed by atoms with Gasteiger partial charge in [-0.05, 0) is 24.6 Å². The van der Waals surface area contributed by atoms with Crippen LogP contribution in [-0.4, -0.2) is 17.1 Å². The van der Waals surface area contributed by atoms with E-state index in [-0.39, 0.29) is 0 Å². The molecule has 106 valence electrons. The molecule has 0 saturated carbocycles. The van der Waals surface area contributed by atoms with Crippen LogP contribution in [0.3, 0.4) is 0 Å². The average Bonchev–Trinajstić information content (AvgIpc) is 2.49. The molecule has 0 amide bonds. The largest absolute Gasteiger partial charge is 0.494 e. The molecule has 0 unspecified atom stereocenters. The molecule has 0 saturated heterocycles. The van der Waals surface area contributed by atoms with Crippen LogP contribution in [0.2, 0.25) is 5.15 Å². The SMILES string of the molecule is COc1cc(Cl)ncc1Nc1ccnc2cc(C)ccc12. The van der Waals surface area contributed by atoms with E-state index in [4.69, 9.17) is 16.3 Å². The van der Waals surface area contributed by atoms with E-state index >= 15 is 0 Å². The van der Waals surface area contributed by atoms with Crippen LogP contribution in [0.5, 0.6) is 5.75 Å². The maximum Gasteiger partial charge on any atom is 0.146 e. The number of pyridine rings is 2. The van der Waals surface area contributed by atoms with Crippen LogP contribution in [0.25, 0.3) is 10.9 Å². The first-order valence-electron chi connectivity index (χ1n) is 6.49. The van der Waals surface area contributed by atoms with Crippen LogP contribution >= 0.6 is 11.6 Å². The normalized spacial score (nSPS) is 10.6. The molecule has 0 fully saturated rings. The van der Waals surface area contributed by atoms with E-state index in [1.807, 2.05) is 13.0 Å².